The second-order valence-corrected chi connectivity index (χ2v) is 10.1. The van der Waals surface area contributed by atoms with E-state index in [9.17, 15) is 9.59 Å². The minimum Gasteiger partial charge on any atom is -0.481 e. The van der Waals surface area contributed by atoms with E-state index in [2.05, 4.69) is 12.2 Å². The van der Waals surface area contributed by atoms with Crippen molar-refractivity contribution < 1.29 is 19.8 Å². The van der Waals surface area contributed by atoms with E-state index in [1.54, 1.807) is 0 Å². The fourth-order valence-electron chi connectivity index (χ4n) is 4.64. The Hall–Kier alpha value is -2.70. The van der Waals surface area contributed by atoms with Crippen LogP contribution < -0.4 is 5.32 Å². The lowest BCUT2D eigenvalue weighted by molar-refractivity contribution is -0.148. The molecule has 1 aromatic carbocycles. The Labute approximate surface area is 223 Å². The molecule has 1 aliphatic heterocycles. The van der Waals surface area contributed by atoms with Crippen molar-refractivity contribution in [3.05, 3.63) is 35.4 Å². The zero-order chi connectivity index (χ0) is 27.3. The molecule has 1 unspecified atom stereocenters. The first-order chi connectivity index (χ1) is 17.9. The summed E-state index contributed by atoms with van der Waals surface area (Å²) >= 11 is 0. The Morgan fingerprint density at radius 1 is 0.703 bits per heavy atom. The van der Waals surface area contributed by atoms with Gasteiger partial charge in [0.2, 0.25) is 0 Å². The van der Waals surface area contributed by atoms with Crippen LogP contribution in [0.3, 0.4) is 0 Å². The molecule has 37 heavy (non-hydrogen) atoms. The molecule has 208 valence electrons. The number of hydrogen-bond acceptors (Lipinski definition) is 4. The summed E-state index contributed by atoms with van der Waals surface area (Å²) in [6.07, 6.45) is 20.9. The monoisotopic (exact) mass is 515 g/mol. The van der Waals surface area contributed by atoms with Gasteiger partial charge in [0.25, 0.3) is 0 Å². The maximum Gasteiger partial charge on any atom is 0.307 e. The Kier molecular flexibility index (Phi) is 17.8. The Balaban J connectivity index is 0.000000506. The van der Waals surface area contributed by atoms with Crippen LogP contribution in [0.4, 0.5) is 0 Å². The molecule has 0 amide bonds. The number of carboxylic acids is 2. The first-order valence-electron chi connectivity index (χ1n) is 14.3. The molecule has 0 radical (unpaired) electrons. The summed E-state index contributed by atoms with van der Waals surface area (Å²) in [6.45, 7) is 2.26. The summed E-state index contributed by atoms with van der Waals surface area (Å²) in [7, 11) is 0. The number of fused-ring (bicyclic) bond motifs is 1. The summed E-state index contributed by atoms with van der Waals surface area (Å²) in [5.74, 6) is -2.07. The van der Waals surface area contributed by atoms with Crippen LogP contribution in [0.2, 0.25) is 0 Å². The van der Waals surface area contributed by atoms with Crippen LogP contribution in [-0.2, 0) is 9.59 Å². The van der Waals surface area contributed by atoms with E-state index >= 15 is 0 Å². The molecule has 1 heterocycles. The van der Waals surface area contributed by atoms with E-state index in [1.165, 1.54) is 83.5 Å². The van der Waals surface area contributed by atoms with Gasteiger partial charge < -0.3 is 15.5 Å². The van der Waals surface area contributed by atoms with Crippen LogP contribution >= 0.6 is 0 Å². The van der Waals surface area contributed by atoms with Crippen molar-refractivity contribution >= 4 is 23.6 Å². The van der Waals surface area contributed by atoms with E-state index in [1.807, 2.05) is 24.3 Å². The van der Waals surface area contributed by atoms with Gasteiger partial charge in [0.05, 0.1) is 12.3 Å². The molecular formula is C30H49N3O4. The first-order valence-corrected chi connectivity index (χ1v) is 14.3. The molecule has 1 aliphatic rings. The summed E-state index contributed by atoms with van der Waals surface area (Å²) in [6, 6.07) is 7.42. The van der Waals surface area contributed by atoms with Crippen molar-refractivity contribution in [2.75, 3.05) is 0 Å². The number of aliphatic carboxylic acids is 2. The Morgan fingerprint density at radius 3 is 1.43 bits per heavy atom. The minimum absolute atomic E-state index is 0.256. The fraction of sp³-hybridized carbons (Fsp3) is 0.667. The number of amidine groups is 2. The maximum absolute atomic E-state index is 11.0. The van der Waals surface area contributed by atoms with Crippen LogP contribution in [0.1, 0.15) is 134 Å². The normalized spacial score (nSPS) is 12.9. The highest BCUT2D eigenvalue weighted by atomic mass is 16.4. The Morgan fingerprint density at radius 2 is 1.08 bits per heavy atom. The second-order valence-electron chi connectivity index (χ2n) is 10.1. The molecule has 0 aromatic heterocycles. The summed E-state index contributed by atoms with van der Waals surface area (Å²) in [5.41, 5.74) is 1.63. The van der Waals surface area contributed by atoms with Gasteiger partial charge in [-0.05, 0) is 6.42 Å². The third-order valence-electron chi connectivity index (χ3n) is 6.89. The highest BCUT2D eigenvalue weighted by molar-refractivity contribution is 6.23. The van der Waals surface area contributed by atoms with Crippen molar-refractivity contribution in [2.24, 2.45) is 5.92 Å². The van der Waals surface area contributed by atoms with Crippen LogP contribution in [0.15, 0.2) is 24.3 Å². The van der Waals surface area contributed by atoms with Gasteiger partial charge in [-0.2, -0.15) is 0 Å². The molecule has 0 saturated heterocycles. The minimum atomic E-state index is -1.02. The molecule has 7 nitrogen and oxygen atoms in total. The zero-order valence-electron chi connectivity index (χ0n) is 22.8. The van der Waals surface area contributed by atoms with Gasteiger partial charge in [0, 0.05) is 11.1 Å². The number of carboxylic acid groups (broad SMARTS) is 2. The summed E-state index contributed by atoms with van der Waals surface area (Å²) in [4.78, 5) is 21.6. The van der Waals surface area contributed by atoms with Crippen LogP contribution in [-0.4, -0.2) is 33.8 Å². The molecule has 2 rings (SSSR count). The van der Waals surface area contributed by atoms with Crippen molar-refractivity contribution in [3.63, 3.8) is 0 Å². The van der Waals surface area contributed by atoms with Crippen molar-refractivity contribution in [2.45, 2.75) is 122 Å². The van der Waals surface area contributed by atoms with E-state index in [-0.39, 0.29) is 6.42 Å². The highest BCUT2D eigenvalue weighted by Gasteiger charge is 2.20. The van der Waals surface area contributed by atoms with Crippen molar-refractivity contribution in [3.8, 4) is 0 Å². The van der Waals surface area contributed by atoms with Crippen LogP contribution in [0, 0.1) is 16.7 Å². The number of benzene rings is 1. The molecule has 0 fully saturated rings. The topological polar surface area (TPSA) is 134 Å². The predicted molar refractivity (Wildman–Crippen MR) is 151 cm³/mol. The predicted octanol–water partition coefficient (Wildman–Crippen LogP) is 7.75. The molecule has 5 N–H and O–H groups in total. The fourth-order valence-corrected chi connectivity index (χ4v) is 4.64. The van der Waals surface area contributed by atoms with Gasteiger partial charge in [0.1, 0.15) is 11.7 Å². The van der Waals surface area contributed by atoms with Gasteiger partial charge in [-0.15, -0.1) is 0 Å². The third kappa shape index (κ3) is 15.2. The van der Waals surface area contributed by atoms with E-state index < -0.39 is 17.9 Å². The van der Waals surface area contributed by atoms with Crippen LogP contribution in [0.25, 0.3) is 0 Å². The SMILES string of the molecule is CCCCCCCCCCCCCCCCCCC(CC(=O)O)C(=O)O.N=C1NC(=N)c2ccccc21. The van der Waals surface area contributed by atoms with E-state index in [4.69, 9.17) is 21.0 Å². The maximum atomic E-state index is 11.0. The molecule has 0 bridgehead atoms. The molecule has 0 saturated carbocycles. The standard InChI is InChI=1S/C22H42O4.C8H7N3/c1-2-3-4-5-6-7-8-9-10-11-12-13-14-15-16-17-18-20(22(25)26)19-21(23)24;9-7-5-3-1-2-4-6(5)8(10)11-7/h20H,2-19H2,1H3,(H,23,24)(H,25,26);1-4H,(H3,9,10,11). The highest BCUT2D eigenvalue weighted by Crippen LogP contribution is 2.17. The summed E-state index contributed by atoms with van der Waals surface area (Å²) < 4.78 is 0. The number of carbonyl (C=O) groups is 2. The van der Waals surface area contributed by atoms with E-state index in [0.29, 0.717) is 18.1 Å². The van der Waals surface area contributed by atoms with Crippen molar-refractivity contribution in [1.29, 1.82) is 10.8 Å². The molecule has 0 aliphatic carbocycles. The zero-order valence-corrected chi connectivity index (χ0v) is 22.8. The largest absolute Gasteiger partial charge is 0.481 e. The lowest BCUT2D eigenvalue weighted by atomic mass is 9.97. The van der Waals surface area contributed by atoms with Gasteiger partial charge in [0.15, 0.2) is 0 Å². The lowest BCUT2D eigenvalue weighted by Crippen LogP contribution is -2.19. The lowest BCUT2D eigenvalue weighted by Gasteiger charge is -2.09. The van der Waals surface area contributed by atoms with Crippen molar-refractivity contribution in [1.82, 2.24) is 5.32 Å². The number of nitrogens with one attached hydrogen (secondary N) is 3. The Bertz CT molecular complexity index is 792. The molecule has 0 spiro atoms. The van der Waals surface area contributed by atoms with Gasteiger partial charge in [-0.3, -0.25) is 20.4 Å². The van der Waals surface area contributed by atoms with Crippen LogP contribution in [0.5, 0.6) is 0 Å². The quantitative estimate of drug-likeness (QED) is 0.113. The van der Waals surface area contributed by atoms with E-state index in [0.717, 1.165) is 30.4 Å². The number of unbranched alkanes of at least 4 members (excludes halogenated alkanes) is 15. The number of hydrogen-bond donors (Lipinski definition) is 5. The average molecular weight is 516 g/mol. The molecule has 1 atom stereocenters. The molecule has 7 heteroatoms. The van der Waals surface area contributed by atoms with Gasteiger partial charge >= 0.3 is 11.9 Å². The number of rotatable bonds is 20. The second kappa shape index (κ2) is 20.4. The van der Waals surface area contributed by atoms with Gasteiger partial charge in [-0.1, -0.05) is 134 Å². The smallest absolute Gasteiger partial charge is 0.307 e. The first kappa shape index (κ1) is 32.3. The third-order valence-corrected chi connectivity index (χ3v) is 6.89. The summed E-state index contributed by atoms with van der Waals surface area (Å²) in [5, 5.41) is 35.2. The van der Waals surface area contributed by atoms with Gasteiger partial charge in [-0.25, -0.2) is 0 Å². The molecular weight excluding hydrogens is 466 g/mol. The molecule has 1 aromatic rings. The average Bonchev–Trinajstić information content (AvgIpc) is 3.16.